The van der Waals surface area contributed by atoms with Crippen molar-refractivity contribution in [2.75, 3.05) is 37.7 Å². The molecule has 1 N–H and O–H groups in total. The minimum absolute atomic E-state index is 0.118. The van der Waals surface area contributed by atoms with E-state index in [2.05, 4.69) is 44.8 Å². The van der Waals surface area contributed by atoms with E-state index >= 15 is 0 Å². The molecule has 0 radical (unpaired) electrons. The van der Waals surface area contributed by atoms with Crippen molar-refractivity contribution in [3.63, 3.8) is 0 Å². The third-order valence-electron chi connectivity index (χ3n) is 4.72. The van der Waals surface area contributed by atoms with Gasteiger partial charge >= 0.3 is 0 Å². The monoisotopic (exact) mass is 302 g/mol. The van der Waals surface area contributed by atoms with Crippen LogP contribution in [0.3, 0.4) is 0 Å². The average Bonchev–Trinajstić information content (AvgIpc) is 2.50. The Morgan fingerprint density at radius 2 is 1.80 bits per heavy atom. The molecule has 2 saturated heterocycles. The molecular weight excluding hydrogens is 272 g/mol. The Hall–Kier alpha value is 0.0300. The lowest BCUT2D eigenvalue weighted by Crippen LogP contribution is -2.52. The van der Waals surface area contributed by atoms with E-state index in [0.717, 1.165) is 37.7 Å². The third-order valence-corrected chi connectivity index (χ3v) is 6.00. The summed E-state index contributed by atoms with van der Waals surface area (Å²) in [5.74, 6) is 2.11. The second-order valence-electron chi connectivity index (χ2n) is 7.10. The summed E-state index contributed by atoms with van der Waals surface area (Å²) in [5, 5.41) is 3.63. The number of likely N-dealkylation sites (N-methyl/N-ethyl adjacent to an activating group) is 1. The zero-order chi connectivity index (χ0) is 15.0. The van der Waals surface area contributed by atoms with Crippen LogP contribution < -0.4 is 5.32 Å². The fourth-order valence-corrected chi connectivity index (χ4v) is 4.90. The van der Waals surface area contributed by atoms with E-state index < -0.39 is 10.8 Å². The molecule has 2 atom stereocenters. The van der Waals surface area contributed by atoms with Gasteiger partial charge in [0.15, 0.2) is 0 Å². The van der Waals surface area contributed by atoms with E-state index in [1.165, 1.54) is 0 Å². The minimum atomic E-state index is -0.599. The minimum Gasteiger partial charge on any atom is -0.368 e. The molecule has 0 aromatic heterocycles. The van der Waals surface area contributed by atoms with Crippen molar-refractivity contribution in [2.24, 2.45) is 5.92 Å². The zero-order valence-electron chi connectivity index (χ0n) is 13.6. The molecular formula is C15H30N2O2S. The molecule has 0 bridgehead atoms. The molecule has 4 nitrogen and oxygen atoms in total. The second kappa shape index (κ2) is 6.03. The zero-order valence-corrected chi connectivity index (χ0v) is 14.4. The van der Waals surface area contributed by atoms with E-state index in [0.29, 0.717) is 12.0 Å². The summed E-state index contributed by atoms with van der Waals surface area (Å²) >= 11 is 0. The predicted molar refractivity (Wildman–Crippen MR) is 84.5 cm³/mol. The van der Waals surface area contributed by atoms with Gasteiger partial charge in [-0.3, -0.25) is 4.21 Å². The maximum atomic E-state index is 11.5. The number of ether oxygens (including phenoxy) is 1. The van der Waals surface area contributed by atoms with Gasteiger partial charge in [0.25, 0.3) is 0 Å². The SMILES string of the molecule is CCNC1C(CN2CCS(=O)CC2)C(C)(C)OC1(C)C. The number of nitrogens with zero attached hydrogens (tertiary/aromatic N) is 1. The van der Waals surface area contributed by atoms with Crippen molar-refractivity contribution < 1.29 is 8.95 Å². The summed E-state index contributed by atoms with van der Waals surface area (Å²) in [6.07, 6.45) is 0. The Morgan fingerprint density at radius 3 is 2.35 bits per heavy atom. The fraction of sp³-hybridized carbons (Fsp3) is 1.00. The molecule has 20 heavy (non-hydrogen) atoms. The van der Waals surface area contributed by atoms with Crippen molar-refractivity contribution in [2.45, 2.75) is 51.9 Å². The second-order valence-corrected chi connectivity index (χ2v) is 8.80. The summed E-state index contributed by atoms with van der Waals surface area (Å²) in [5.41, 5.74) is -0.254. The van der Waals surface area contributed by atoms with Crippen LogP contribution >= 0.6 is 0 Å². The van der Waals surface area contributed by atoms with Gasteiger partial charge < -0.3 is 15.0 Å². The number of rotatable bonds is 4. The maximum Gasteiger partial charge on any atom is 0.0790 e. The Labute approximate surface area is 126 Å². The van der Waals surface area contributed by atoms with Gasteiger partial charge in [-0.1, -0.05) is 6.92 Å². The summed E-state index contributed by atoms with van der Waals surface area (Å²) in [4.78, 5) is 2.46. The molecule has 0 aromatic rings. The van der Waals surface area contributed by atoms with Crippen LogP contribution in [0.5, 0.6) is 0 Å². The van der Waals surface area contributed by atoms with Crippen LogP contribution in [0.2, 0.25) is 0 Å². The number of hydrogen-bond donors (Lipinski definition) is 1. The summed E-state index contributed by atoms with van der Waals surface area (Å²) in [7, 11) is -0.599. The van der Waals surface area contributed by atoms with E-state index in [9.17, 15) is 4.21 Å². The van der Waals surface area contributed by atoms with Crippen LogP contribution in [-0.4, -0.2) is 64.0 Å². The van der Waals surface area contributed by atoms with Crippen molar-refractivity contribution in [1.82, 2.24) is 10.2 Å². The van der Waals surface area contributed by atoms with Gasteiger partial charge in [-0.2, -0.15) is 0 Å². The first kappa shape index (κ1) is 16.4. The van der Waals surface area contributed by atoms with E-state index in [4.69, 9.17) is 4.74 Å². The largest absolute Gasteiger partial charge is 0.368 e. The topological polar surface area (TPSA) is 41.6 Å². The molecule has 2 heterocycles. The first-order valence-electron chi connectivity index (χ1n) is 7.77. The summed E-state index contributed by atoms with van der Waals surface area (Å²) in [6.45, 7) is 14.9. The van der Waals surface area contributed by atoms with E-state index in [1.54, 1.807) is 0 Å². The fourth-order valence-electron chi connectivity index (χ4n) is 3.77. The highest BCUT2D eigenvalue weighted by Crippen LogP contribution is 2.42. The number of nitrogens with one attached hydrogen (secondary N) is 1. The third kappa shape index (κ3) is 3.43. The Balaban J connectivity index is 2.08. The predicted octanol–water partition coefficient (Wildman–Crippen LogP) is 1.23. The summed E-state index contributed by atoms with van der Waals surface area (Å²) < 4.78 is 17.8. The van der Waals surface area contributed by atoms with Gasteiger partial charge in [-0.25, -0.2) is 0 Å². The normalized spacial score (nSPS) is 34.5. The van der Waals surface area contributed by atoms with Gasteiger partial charge in [-0.15, -0.1) is 0 Å². The van der Waals surface area contributed by atoms with Gasteiger partial charge in [0.05, 0.1) is 11.2 Å². The standard InChI is InChI=1S/C15H30N2O2S/c1-6-16-13-12(14(2,3)19-15(13,4)5)11-17-7-9-20(18)10-8-17/h12-13,16H,6-11H2,1-5H3. The molecule has 0 aromatic carbocycles. The number of hydrogen-bond acceptors (Lipinski definition) is 4. The Bertz CT molecular complexity index is 361. The first-order valence-corrected chi connectivity index (χ1v) is 9.26. The van der Waals surface area contributed by atoms with Crippen LogP contribution in [0.1, 0.15) is 34.6 Å². The molecule has 2 fully saturated rings. The molecule has 0 amide bonds. The molecule has 0 aliphatic carbocycles. The highest BCUT2D eigenvalue weighted by Gasteiger charge is 2.53. The molecule has 2 rings (SSSR count). The Kier molecular flexibility index (Phi) is 4.95. The van der Waals surface area contributed by atoms with Gasteiger partial charge in [0.2, 0.25) is 0 Å². The smallest absolute Gasteiger partial charge is 0.0790 e. The quantitative estimate of drug-likeness (QED) is 0.848. The molecule has 0 spiro atoms. The lowest BCUT2D eigenvalue weighted by molar-refractivity contribution is -0.0794. The van der Waals surface area contributed by atoms with Crippen LogP contribution in [-0.2, 0) is 15.5 Å². The average molecular weight is 302 g/mol. The van der Waals surface area contributed by atoms with Crippen LogP contribution in [0.15, 0.2) is 0 Å². The van der Waals surface area contributed by atoms with Crippen molar-refractivity contribution in [3.8, 4) is 0 Å². The van der Waals surface area contributed by atoms with Crippen molar-refractivity contribution >= 4 is 10.8 Å². The lowest BCUT2D eigenvalue weighted by atomic mass is 9.82. The lowest BCUT2D eigenvalue weighted by Gasteiger charge is -2.36. The van der Waals surface area contributed by atoms with E-state index in [1.807, 2.05) is 0 Å². The van der Waals surface area contributed by atoms with Crippen molar-refractivity contribution in [3.05, 3.63) is 0 Å². The molecule has 0 saturated carbocycles. The van der Waals surface area contributed by atoms with Crippen molar-refractivity contribution in [1.29, 1.82) is 0 Å². The van der Waals surface area contributed by atoms with Gasteiger partial charge in [0, 0.05) is 53.9 Å². The maximum absolute atomic E-state index is 11.5. The van der Waals surface area contributed by atoms with Crippen LogP contribution in [0, 0.1) is 5.92 Å². The van der Waals surface area contributed by atoms with E-state index in [-0.39, 0.29) is 11.2 Å². The summed E-state index contributed by atoms with van der Waals surface area (Å²) in [6, 6.07) is 0.370. The first-order chi connectivity index (χ1) is 9.26. The van der Waals surface area contributed by atoms with Gasteiger partial charge in [-0.05, 0) is 34.2 Å². The Morgan fingerprint density at radius 1 is 1.20 bits per heavy atom. The highest BCUT2D eigenvalue weighted by molar-refractivity contribution is 7.85. The molecule has 118 valence electrons. The highest BCUT2D eigenvalue weighted by atomic mass is 32.2. The molecule has 2 unspecified atom stereocenters. The molecule has 2 aliphatic rings. The van der Waals surface area contributed by atoms with Crippen LogP contribution in [0.25, 0.3) is 0 Å². The van der Waals surface area contributed by atoms with Gasteiger partial charge in [0.1, 0.15) is 0 Å². The molecule has 5 heteroatoms. The van der Waals surface area contributed by atoms with Crippen LogP contribution in [0.4, 0.5) is 0 Å². The molecule has 2 aliphatic heterocycles.